The van der Waals surface area contributed by atoms with Crippen LogP contribution in [0, 0.1) is 5.92 Å². The molecule has 1 N–H and O–H groups in total. The summed E-state index contributed by atoms with van der Waals surface area (Å²) >= 11 is 0. The Hall–Kier alpha value is -0.900. The van der Waals surface area contributed by atoms with Crippen LogP contribution in [0.2, 0.25) is 0 Å². The SMILES string of the molecule is CCC(C(=O)OC)C(C)=NCCCO. The topological polar surface area (TPSA) is 58.9 Å². The van der Waals surface area contributed by atoms with Gasteiger partial charge in [-0.3, -0.25) is 9.79 Å². The molecule has 0 heterocycles. The van der Waals surface area contributed by atoms with Gasteiger partial charge >= 0.3 is 5.97 Å². The summed E-state index contributed by atoms with van der Waals surface area (Å²) in [5.41, 5.74) is 0.785. The second-order valence-corrected chi connectivity index (χ2v) is 3.08. The number of esters is 1. The molecule has 14 heavy (non-hydrogen) atoms. The van der Waals surface area contributed by atoms with Crippen molar-refractivity contribution in [2.24, 2.45) is 10.9 Å². The number of aliphatic hydroxyl groups excluding tert-OH is 1. The van der Waals surface area contributed by atoms with Crippen LogP contribution in [0.25, 0.3) is 0 Å². The number of methoxy groups -OCH3 is 1. The first kappa shape index (κ1) is 13.1. The van der Waals surface area contributed by atoms with E-state index in [2.05, 4.69) is 9.73 Å². The van der Waals surface area contributed by atoms with Gasteiger partial charge in [-0.2, -0.15) is 0 Å². The first-order valence-electron chi connectivity index (χ1n) is 4.87. The van der Waals surface area contributed by atoms with Crippen molar-refractivity contribution in [3.05, 3.63) is 0 Å². The van der Waals surface area contributed by atoms with Crippen molar-refractivity contribution in [2.45, 2.75) is 26.7 Å². The van der Waals surface area contributed by atoms with E-state index in [9.17, 15) is 4.79 Å². The largest absolute Gasteiger partial charge is 0.469 e. The van der Waals surface area contributed by atoms with E-state index in [1.165, 1.54) is 7.11 Å². The van der Waals surface area contributed by atoms with E-state index in [4.69, 9.17) is 5.11 Å². The van der Waals surface area contributed by atoms with Crippen LogP contribution >= 0.6 is 0 Å². The Morgan fingerprint density at radius 2 is 2.21 bits per heavy atom. The summed E-state index contributed by atoms with van der Waals surface area (Å²) in [7, 11) is 1.38. The van der Waals surface area contributed by atoms with E-state index in [1.54, 1.807) is 0 Å². The van der Waals surface area contributed by atoms with Gasteiger partial charge in [0.2, 0.25) is 0 Å². The molecule has 0 rings (SSSR count). The highest BCUT2D eigenvalue weighted by molar-refractivity contribution is 6.00. The van der Waals surface area contributed by atoms with Gasteiger partial charge in [0.15, 0.2) is 0 Å². The summed E-state index contributed by atoms with van der Waals surface area (Å²) < 4.78 is 4.66. The van der Waals surface area contributed by atoms with Crippen LogP contribution < -0.4 is 0 Å². The Kier molecular flexibility index (Phi) is 7.02. The summed E-state index contributed by atoms with van der Waals surface area (Å²) in [4.78, 5) is 15.5. The zero-order chi connectivity index (χ0) is 11.0. The van der Waals surface area contributed by atoms with Crippen LogP contribution in [0.4, 0.5) is 0 Å². The molecule has 0 aromatic carbocycles. The molecule has 0 aliphatic rings. The van der Waals surface area contributed by atoms with E-state index in [0.29, 0.717) is 19.4 Å². The van der Waals surface area contributed by atoms with Gasteiger partial charge < -0.3 is 9.84 Å². The van der Waals surface area contributed by atoms with Gasteiger partial charge in [-0.05, 0) is 19.8 Å². The number of hydrogen-bond acceptors (Lipinski definition) is 4. The average molecular weight is 201 g/mol. The third-order valence-electron chi connectivity index (χ3n) is 2.08. The predicted molar refractivity (Wildman–Crippen MR) is 55.5 cm³/mol. The molecule has 4 heteroatoms. The van der Waals surface area contributed by atoms with Gasteiger partial charge in [0.05, 0.1) is 13.0 Å². The minimum Gasteiger partial charge on any atom is -0.469 e. The smallest absolute Gasteiger partial charge is 0.314 e. The fraction of sp³-hybridized carbons (Fsp3) is 0.800. The molecule has 0 radical (unpaired) electrons. The van der Waals surface area contributed by atoms with E-state index in [-0.39, 0.29) is 18.5 Å². The van der Waals surface area contributed by atoms with Crippen molar-refractivity contribution in [1.82, 2.24) is 0 Å². The monoisotopic (exact) mass is 201 g/mol. The van der Waals surface area contributed by atoms with Gasteiger partial charge in [0, 0.05) is 18.9 Å². The van der Waals surface area contributed by atoms with Gasteiger partial charge in [-0.1, -0.05) is 6.92 Å². The number of ether oxygens (including phenoxy) is 1. The molecule has 82 valence electrons. The highest BCUT2D eigenvalue weighted by Gasteiger charge is 2.19. The molecule has 0 spiro atoms. The first-order chi connectivity index (χ1) is 6.67. The summed E-state index contributed by atoms with van der Waals surface area (Å²) in [6, 6.07) is 0. The fourth-order valence-electron chi connectivity index (χ4n) is 1.21. The van der Waals surface area contributed by atoms with Crippen LogP contribution in [0.1, 0.15) is 26.7 Å². The van der Waals surface area contributed by atoms with Crippen molar-refractivity contribution < 1.29 is 14.6 Å². The lowest BCUT2D eigenvalue weighted by Gasteiger charge is -2.11. The maximum atomic E-state index is 11.3. The van der Waals surface area contributed by atoms with Crippen LogP contribution in [0.15, 0.2) is 4.99 Å². The predicted octanol–water partition coefficient (Wildman–Crippen LogP) is 1.03. The van der Waals surface area contributed by atoms with Crippen LogP contribution in [0.5, 0.6) is 0 Å². The minimum absolute atomic E-state index is 0.131. The van der Waals surface area contributed by atoms with Crippen molar-refractivity contribution in [1.29, 1.82) is 0 Å². The van der Waals surface area contributed by atoms with E-state index in [1.807, 2.05) is 13.8 Å². The van der Waals surface area contributed by atoms with Crippen LogP contribution in [0.3, 0.4) is 0 Å². The standard InChI is InChI=1S/C10H19NO3/c1-4-9(10(13)14-3)8(2)11-6-5-7-12/h9,12H,4-7H2,1-3H3. The number of carbonyl (C=O) groups is 1. The zero-order valence-corrected chi connectivity index (χ0v) is 9.12. The molecule has 0 aliphatic carbocycles. The molecular weight excluding hydrogens is 182 g/mol. The molecule has 0 aromatic rings. The van der Waals surface area contributed by atoms with E-state index >= 15 is 0 Å². The quantitative estimate of drug-likeness (QED) is 0.396. The van der Waals surface area contributed by atoms with Crippen LogP contribution in [-0.4, -0.2) is 37.0 Å². The molecule has 0 saturated carbocycles. The molecule has 0 bridgehead atoms. The third-order valence-corrected chi connectivity index (χ3v) is 2.08. The number of nitrogens with zero attached hydrogens (tertiary/aromatic N) is 1. The molecular formula is C10H19NO3. The zero-order valence-electron chi connectivity index (χ0n) is 9.12. The van der Waals surface area contributed by atoms with E-state index in [0.717, 1.165) is 5.71 Å². The highest BCUT2D eigenvalue weighted by Crippen LogP contribution is 2.07. The molecule has 0 fully saturated rings. The fourth-order valence-corrected chi connectivity index (χ4v) is 1.21. The second-order valence-electron chi connectivity index (χ2n) is 3.08. The number of aliphatic hydroxyl groups is 1. The maximum Gasteiger partial charge on any atom is 0.314 e. The summed E-state index contributed by atoms with van der Waals surface area (Å²) in [6.07, 6.45) is 1.33. The number of rotatable bonds is 6. The van der Waals surface area contributed by atoms with Gasteiger partial charge in [-0.15, -0.1) is 0 Å². The van der Waals surface area contributed by atoms with Crippen LogP contribution in [-0.2, 0) is 9.53 Å². The number of aliphatic imine (C=N–C) groups is 1. The molecule has 4 nitrogen and oxygen atoms in total. The molecule has 0 aromatic heterocycles. The lowest BCUT2D eigenvalue weighted by Crippen LogP contribution is -2.23. The Labute approximate surface area is 85.0 Å². The molecule has 1 unspecified atom stereocenters. The third kappa shape index (κ3) is 4.37. The Morgan fingerprint density at radius 3 is 2.64 bits per heavy atom. The molecule has 1 atom stereocenters. The van der Waals surface area contributed by atoms with Crippen molar-refractivity contribution in [2.75, 3.05) is 20.3 Å². The number of carbonyl (C=O) groups excluding carboxylic acids is 1. The first-order valence-corrected chi connectivity index (χ1v) is 4.87. The lowest BCUT2D eigenvalue weighted by molar-refractivity contribution is -0.143. The van der Waals surface area contributed by atoms with Crippen molar-refractivity contribution in [3.8, 4) is 0 Å². The van der Waals surface area contributed by atoms with Crippen molar-refractivity contribution >= 4 is 11.7 Å². The Morgan fingerprint density at radius 1 is 1.57 bits per heavy atom. The normalized spacial score (nSPS) is 13.9. The second kappa shape index (κ2) is 7.50. The van der Waals surface area contributed by atoms with E-state index < -0.39 is 0 Å². The Bertz CT molecular complexity index is 202. The number of hydrogen-bond donors (Lipinski definition) is 1. The molecule has 0 amide bonds. The Balaban J connectivity index is 4.22. The van der Waals surface area contributed by atoms with Gasteiger partial charge in [0.1, 0.15) is 0 Å². The highest BCUT2D eigenvalue weighted by atomic mass is 16.5. The average Bonchev–Trinajstić information content (AvgIpc) is 2.19. The van der Waals surface area contributed by atoms with Gasteiger partial charge in [0.25, 0.3) is 0 Å². The minimum atomic E-state index is -0.238. The lowest BCUT2D eigenvalue weighted by atomic mass is 10.0. The van der Waals surface area contributed by atoms with Gasteiger partial charge in [-0.25, -0.2) is 0 Å². The molecule has 0 aliphatic heterocycles. The summed E-state index contributed by atoms with van der Waals surface area (Å²) in [6.45, 7) is 4.44. The maximum absolute atomic E-state index is 11.3. The summed E-state index contributed by atoms with van der Waals surface area (Å²) in [5, 5.41) is 8.57. The molecule has 0 saturated heterocycles. The van der Waals surface area contributed by atoms with Crippen molar-refractivity contribution in [3.63, 3.8) is 0 Å². The summed E-state index contributed by atoms with van der Waals surface area (Å²) in [5.74, 6) is -0.476.